The molecule has 2 heteroatoms. The number of rotatable bonds is 6. The van der Waals surface area contributed by atoms with Crippen LogP contribution < -0.4 is 11.5 Å². The second-order valence-corrected chi connectivity index (χ2v) is 14.0. The van der Waals surface area contributed by atoms with Crippen LogP contribution in [0.1, 0.15) is 110 Å². The van der Waals surface area contributed by atoms with Gasteiger partial charge in [-0.1, -0.05) is 31.6 Å². The topological polar surface area (TPSA) is 52.0 Å². The lowest BCUT2D eigenvalue weighted by molar-refractivity contribution is -0.0124. The highest BCUT2D eigenvalue weighted by Crippen LogP contribution is 2.67. The highest BCUT2D eigenvalue weighted by atomic mass is 14.6. The van der Waals surface area contributed by atoms with Crippen molar-refractivity contribution in [1.82, 2.24) is 0 Å². The maximum Gasteiger partial charge on any atom is 0.0367 e. The maximum absolute atomic E-state index is 6.34. The van der Waals surface area contributed by atoms with Gasteiger partial charge in [-0.3, -0.25) is 0 Å². The second kappa shape index (κ2) is 9.79. The fraction of sp³-hybridized carbons (Fsp3) is 0.758. The Kier molecular flexibility index (Phi) is 7.05. The van der Waals surface area contributed by atoms with E-state index in [0.29, 0.717) is 10.8 Å². The summed E-state index contributed by atoms with van der Waals surface area (Å²) in [6.07, 6.45) is 21.1. The van der Waals surface area contributed by atoms with Crippen molar-refractivity contribution >= 4 is 11.4 Å². The van der Waals surface area contributed by atoms with E-state index in [-0.39, 0.29) is 0 Å². The molecule has 35 heavy (non-hydrogen) atoms. The van der Waals surface area contributed by atoms with Gasteiger partial charge in [0, 0.05) is 11.4 Å². The highest BCUT2D eigenvalue weighted by molar-refractivity contribution is 5.56. The average Bonchev–Trinajstić information content (AvgIpc) is 3.12. The number of fused-ring (bicyclic) bond motifs is 3. The van der Waals surface area contributed by atoms with Crippen molar-refractivity contribution < 1.29 is 0 Å². The van der Waals surface area contributed by atoms with Crippen molar-refractivity contribution in [2.24, 2.45) is 46.3 Å². The lowest BCUT2D eigenvalue weighted by Crippen LogP contribution is -2.42. The molecule has 0 heterocycles. The smallest absolute Gasteiger partial charge is 0.0367 e. The summed E-state index contributed by atoms with van der Waals surface area (Å²) in [5.41, 5.74) is 18.0. The zero-order chi connectivity index (χ0) is 24.8. The van der Waals surface area contributed by atoms with Crippen molar-refractivity contribution in [3.05, 3.63) is 35.4 Å². The van der Waals surface area contributed by atoms with Crippen LogP contribution >= 0.6 is 0 Å². The Bertz CT molecular complexity index is 929. The lowest BCUT2D eigenvalue weighted by Gasteiger charge is -2.52. The Hall–Kier alpha value is -1.44. The van der Waals surface area contributed by atoms with Crippen LogP contribution in [-0.2, 0) is 6.42 Å². The first-order chi connectivity index (χ1) is 16.7. The van der Waals surface area contributed by atoms with Crippen LogP contribution in [0.5, 0.6) is 0 Å². The molecule has 0 amide bonds. The Balaban J connectivity index is 1.27. The fourth-order valence-electron chi connectivity index (χ4n) is 10.00. The van der Waals surface area contributed by atoms with Gasteiger partial charge in [-0.15, -0.1) is 0 Å². The highest BCUT2D eigenvalue weighted by Gasteiger charge is 2.58. The van der Waals surface area contributed by atoms with Gasteiger partial charge in [0.05, 0.1) is 0 Å². The summed E-state index contributed by atoms with van der Waals surface area (Å²) in [6.45, 7) is 9.83. The molecule has 2 bridgehead atoms. The minimum absolute atomic E-state index is 0.586. The summed E-state index contributed by atoms with van der Waals surface area (Å²) >= 11 is 0. The average molecular weight is 477 g/mol. The van der Waals surface area contributed by atoms with Crippen LogP contribution in [0, 0.1) is 46.3 Å². The molecule has 0 radical (unpaired) electrons. The van der Waals surface area contributed by atoms with E-state index in [4.69, 9.17) is 11.5 Å². The predicted octanol–water partition coefficient (Wildman–Crippen LogP) is 8.81. The zero-order valence-electron chi connectivity index (χ0n) is 23.1. The van der Waals surface area contributed by atoms with Crippen LogP contribution in [0.15, 0.2) is 29.8 Å². The third kappa shape index (κ3) is 4.80. The minimum atomic E-state index is 0.586. The van der Waals surface area contributed by atoms with E-state index in [2.05, 4.69) is 39.8 Å². The van der Waals surface area contributed by atoms with Gasteiger partial charge in [0.15, 0.2) is 0 Å². The third-order valence-corrected chi connectivity index (χ3v) is 11.8. The van der Waals surface area contributed by atoms with Crippen molar-refractivity contribution in [1.29, 1.82) is 0 Å². The van der Waals surface area contributed by atoms with Crippen molar-refractivity contribution in [3.63, 3.8) is 0 Å². The van der Waals surface area contributed by atoms with Gasteiger partial charge >= 0.3 is 0 Å². The largest absolute Gasteiger partial charge is 0.399 e. The lowest BCUT2D eigenvalue weighted by atomic mass is 9.53. The molecular weight excluding hydrogens is 424 g/mol. The number of nitrogens with two attached hydrogens (primary N) is 2. The van der Waals surface area contributed by atoms with Gasteiger partial charge < -0.3 is 11.5 Å². The molecule has 0 aromatic heterocycles. The first kappa shape index (κ1) is 25.2. The molecule has 1 spiro atoms. The summed E-state index contributed by atoms with van der Waals surface area (Å²) < 4.78 is 0. The number of hydrogen-bond donors (Lipinski definition) is 2. The van der Waals surface area contributed by atoms with E-state index in [9.17, 15) is 0 Å². The molecule has 1 aromatic rings. The van der Waals surface area contributed by atoms with E-state index in [1.54, 1.807) is 6.42 Å². The first-order valence-electron chi connectivity index (χ1n) is 15.0. The molecular formula is C33H52N2. The molecule has 194 valence electrons. The van der Waals surface area contributed by atoms with Gasteiger partial charge in [-0.2, -0.15) is 0 Å². The Labute approximate surface area is 215 Å². The van der Waals surface area contributed by atoms with Gasteiger partial charge in [0.1, 0.15) is 0 Å². The van der Waals surface area contributed by atoms with E-state index < -0.39 is 0 Å². The predicted molar refractivity (Wildman–Crippen MR) is 151 cm³/mol. The summed E-state index contributed by atoms with van der Waals surface area (Å²) in [6, 6.07) is 6.16. The number of hydrogen-bond acceptors (Lipinski definition) is 2. The molecule has 4 aliphatic carbocycles. The summed E-state index contributed by atoms with van der Waals surface area (Å²) in [5.74, 6) is 5.55. The summed E-state index contributed by atoms with van der Waals surface area (Å²) in [4.78, 5) is 0. The number of nitrogen functional groups attached to an aromatic ring is 2. The standard InChI is InChI=1S/C33H52N2/c1-22(2)6-5-7-23(3)29-12-13-30-26-8-10-27-19-24(18-25-9-11-28(34)20-31(25)35)14-15-33(27,21-26)17-16-32(29,30)4/h6,9,11,20,23-24,26-27,29-30H,5,7-8,10,12-19,21,34-35H2,1-4H3. The molecule has 0 saturated heterocycles. The van der Waals surface area contributed by atoms with Crippen LogP contribution in [0.4, 0.5) is 11.4 Å². The third-order valence-electron chi connectivity index (χ3n) is 11.8. The van der Waals surface area contributed by atoms with Gasteiger partial charge in [-0.25, -0.2) is 0 Å². The van der Waals surface area contributed by atoms with Crippen LogP contribution in [-0.4, -0.2) is 0 Å². The summed E-state index contributed by atoms with van der Waals surface area (Å²) in [7, 11) is 0. The molecule has 8 unspecified atom stereocenters. The van der Waals surface area contributed by atoms with E-state index >= 15 is 0 Å². The van der Waals surface area contributed by atoms with Crippen molar-refractivity contribution in [2.75, 3.05) is 11.5 Å². The second-order valence-electron chi connectivity index (χ2n) is 14.0. The Morgan fingerprint density at radius 1 is 1.06 bits per heavy atom. The van der Waals surface area contributed by atoms with E-state index in [1.165, 1.54) is 81.8 Å². The fourth-order valence-corrected chi connectivity index (χ4v) is 10.00. The number of benzene rings is 1. The van der Waals surface area contributed by atoms with Crippen LogP contribution in [0.2, 0.25) is 0 Å². The van der Waals surface area contributed by atoms with E-state index in [1.807, 2.05) is 12.1 Å². The van der Waals surface area contributed by atoms with Crippen LogP contribution in [0.3, 0.4) is 0 Å². The van der Waals surface area contributed by atoms with Crippen molar-refractivity contribution in [2.45, 2.75) is 111 Å². The van der Waals surface area contributed by atoms with Gasteiger partial charge in [0.25, 0.3) is 0 Å². The molecule has 0 aliphatic heterocycles. The Morgan fingerprint density at radius 2 is 1.89 bits per heavy atom. The van der Waals surface area contributed by atoms with Gasteiger partial charge in [-0.05, 0) is 161 Å². The van der Waals surface area contributed by atoms with E-state index in [0.717, 1.165) is 53.3 Å². The monoisotopic (exact) mass is 476 g/mol. The van der Waals surface area contributed by atoms with Crippen LogP contribution in [0.25, 0.3) is 0 Å². The molecule has 4 fully saturated rings. The minimum Gasteiger partial charge on any atom is -0.399 e. The first-order valence-corrected chi connectivity index (χ1v) is 15.0. The Morgan fingerprint density at radius 3 is 2.66 bits per heavy atom. The quantitative estimate of drug-likeness (QED) is 0.318. The molecule has 4 N–H and O–H groups in total. The summed E-state index contributed by atoms with van der Waals surface area (Å²) in [5, 5.41) is 0. The maximum atomic E-state index is 6.34. The zero-order valence-corrected chi connectivity index (χ0v) is 23.1. The van der Waals surface area contributed by atoms with Gasteiger partial charge in [0.2, 0.25) is 0 Å². The SMILES string of the molecule is CC(C)=CCCC(C)C1CCC2C3CCC4CC(Cc5ccc(N)cc5N)CCC4(CCC12C)C3. The molecule has 5 rings (SSSR count). The van der Waals surface area contributed by atoms with Crippen molar-refractivity contribution in [3.8, 4) is 0 Å². The number of allylic oxidation sites excluding steroid dienone is 2. The molecule has 4 saturated carbocycles. The molecule has 8 atom stereocenters. The number of anilines is 2. The molecule has 2 nitrogen and oxygen atoms in total. The molecule has 4 aliphatic rings. The molecule has 1 aromatic carbocycles. The normalized spacial score (nSPS) is 39.3.